The SMILES string of the molecule is NC(=O)C1=C(O)[C@@]2(O)C(=O)C3=C(O)c4c(O)ccc(-c5cncc(Br)c5)c4C[C@@]3(N)C[C@H]2CC1=O. The van der Waals surface area contributed by atoms with Gasteiger partial charge < -0.3 is 31.9 Å². The van der Waals surface area contributed by atoms with Crippen LogP contribution >= 0.6 is 15.9 Å². The molecule has 180 valence electrons. The molecule has 5 rings (SSSR count). The molecule has 0 radical (unpaired) electrons. The van der Waals surface area contributed by atoms with Crippen molar-refractivity contribution in [2.75, 3.05) is 0 Å². The predicted molar refractivity (Wildman–Crippen MR) is 126 cm³/mol. The first-order chi connectivity index (χ1) is 16.4. The molecule has 0 aliphatic heterocycles. The van der Waals surface area contributed by atoms with Gasteiger partial charge in [-0.15, -0.1) is 0 Å². The summed E-state index contributed by atoms with van der Waals surface area (Å²) < 4.78 is 0.696. The van der Waals surface area contributed by atoms with Crippen molar-refractivity contribution >= 4 is 39.2 Å². The number of nitrogens with zero attached hydrogens (tertiary/aromatic N) is 1. The van der Waals surface area contributed by atoms with Gasteiger partial charge in [-0.2, -0.15) is 0 Å². The topological polar surface area (TPSA) is 197 Å². The number of ketones is 2. The molecule has 0 bridgehead atoms. The van der Waals surface area contributed by atoms with Gasteiger partial charge in [-0.05, 0) is 52.0 Å². The van der Waals surface area contributed by atoms with E-state index in [-0.39, 0.29) is 24.2 Å². The minimum absolute atomic E-state index is 0.0301. The van der Waals surface area contributed by atoms with Crippen LogP contribution in [0.5, 0.6) is 5.75 Å². The van der Waals surface area contributed by atoms with Gasteiger partial charge in [0.05, 0.1) is 16.7 Å². The van der Waals surface area contributed by atoms with Crippen LogP contribution in [-0.4, -0.2) is 54.0 Å². The minimum atomic E-state index is -2.68. The van der Waals surface area contributed by atoms with Crippen molar-refractivity contribution in [2.24, 2.45) is 17.4 Å². The lowest BCUT2D eigenvalue weighted by Gasteiger charge is -2.50. The largest absolute Gasteiger partial charge is 0.508 e. The molecule has 35 heavy (non-hydrogen) atoms. The highest BCUT2D eigenvalue weighted by Gasteiger charge is 2.63. The quantitative estimate of drug-likeness (QED) is 0.303. The van der Waals surface area contributed by atoms with Crippen LogP contribution in [0.15, 0.2) is 52.0 Å². The van der Waals surface area contributed by atoms with Gasteiger partial charge in [0.1, 0.15) is 22.8 Å². The molecule has 1 aromatic carbocycles. The maximum absolute atomic E-state index is 13.6. The van der Waals surface area contributed by atoms with Crippen molar-refractivity contribution in [3.63, 3.8) is 0 Å². The average molecular weight is 542 g/mol. The second kappa shape index (κ2) is 7.48. The molecule has 3 aliphatic rings. The monoisotopic (exact) mass is 541 g/mol. The van der Waals surface area contributed by atoms with E-state index in [1.165, 1.54) is 6.07 Å². The second-order valence-electron chi connectivity index (χ2n) is 9.15. The molecule has 2 aromatic rings. The summed E-state index contributed by atoms with van der Waals surface area (Å²) in [5, 5.41) is 43.8. The van der Waals surface area contributed by atoms with Crippen LogP contribution in [0.25, 0.3) is 16.9 Å². The molecular weight excluding hydrogens is 522 g/mol. The number of carbonyl (C=O) groups excluding carboxylic acids is 3. The highest BCUT2D eigenvalue weighted by Crippen LogP contribution is 2.53. The van der Waals surface area contributed by atoms with E-state index in [1.54, 1.807) is 24.5 Å². The third-order valence-corrected chi connectivity index (χ3v) is 7.53. The van der Waals surface area contributed by atoms with Crippen LogP contribution in [0.4, 0.5) is 0 Å². The summed E-state index contributed by atoms with van der Waals surface area (Å²) in [6.07, 6.45) is 2.53. The molecular formula is C24H20BrN3O7. The Morgan fingerprint density at radius 1 is 1.17 bits per heavy atom. The van der Waals surface area contributed by atoms with E-state index in [2.05, 4.69) is 20.9 Å². The Labute approximate surface area is 206 Å². The van der Waals surface area contributed by atoms with Crippen LogP contribution in [0.2, 0.25) is 0 Å². The average Bonchev–Trinajstić information content (AvgIpc) is 2.76. The number of nitrogens with two attached hydrogens (primary N) is 2. The standard InChI is InChI=1S/C24H20BrN3O7/c25-11-3-9(7-28-8-11)12-1-2-14(29)16-13(12)6-23(27)5-10-4-15(30)17(22(26)34)20(32)24(10,35)21(33)18(23)19(16)31/h1-3,7-8,10,29,31-32,35H,4-6,27H2,(H2,26,34)/t10-,23+,24-/m1/s1. The fraction of sp³-hybridized carbons (Fsp3) is 0.250. The lowest BCUT2D eigenvalue weighted by molar-refractivity contribution is -0.148. The number of Topliss-reactive ketones (excluding diaryl/α,β-unsaturated/α-hetero) is 2. The second-order valence-corrected chi connectivity index (χ2v) is 10.1. The summed E-state index contributed by atoms with van der Waals surface area (Å²) in [7, 11) is 0. The zero-order valence-corrected chi connectivity index (χ0v) is 19.7. The number of aromatic hydroxyl groups is 1. The number of rotatable bonds is 2. The number of phenolic OH excluding ortho intramolecular Hbond substituents is 1. The number of hydrogen-bond acceptors (Lipinski definition) is 9. The van der Waals surface area contributed by atoms with Crippen LogP contribution in [0, 0.1) is 5.92 Å². The van der Waals surface area contributed by atoms with Crippen LogP contribution in [0.1, 0.15) is 24.0 Å². The number of pyridine rings is 1. The van der Waals surface area contributed by atoms with E-state index >= 15 is 0 Å². The van der Waals surface area contributed by atoms with Gasteiger partial charge in [0.25, 0.3) is 5.91 Å². The molecule has 1 saturated carbocycles. The number of hydrogen-bond donors (Lipinski definition) is 6. The van der Waals surface area contributed by atoms with Crippen molar-refractivity contribution in [3.8, 4) is 16.9 Å². The van der Waals surface area contributed by atoms with Crippen molar-refractivity contribution in [2.45, 2.75) is 30.4 Å². The number of primary amides is 1. The number of halogens is 1. The molecule has 10 nitrogen and oxygen atoms in total. The molecule has 3 atom stereocenters. The molecule has 0 spiro atoms. The Balaban J connectivity index is 1.76. The first kappa shape index (κ1) is 23.2. The van der Waals surface area contributed by atoms with Gasteiger partial charge in [-0.25, -0.2) is 0 Å². The maximum Gasteiger partial charge on any atom is 0.255 e. The van der Waals surface area contributed by atoms with Crippen molar-refractivity contribution in [3.05, 3.63) is 63.1 Å². The molecule has 1 fully saturated rings. The van der Waals surface area contributed by atoms with Gasteiger partial charge >= 0.3 is 0 Å². The zero-order chi connectivity index (χ0) is 25.4. The molecule has 0 saturated heterocycles. The van der Waals surface area contributed by atoms with Gasteiger partial charge in [-0.1, -0.05) is 6.07 Å². The van der Waals surface area contributed by atoms with Gasteiger partial charge in [-0.3, -0.25) is 19.4 Å². The number of carbonyl (C=O) groups is 3. The van der Waals surface area contributed by atoms with Gasteiger partial charge in [0.15, 0.2) is 11.4 Å². The van der Waals surface area contributed by atoms with Crippen molar-refractivity contribution in [1.29, 1.82) is 0 Å². The normalized spacial score (nSPS) is 27.9. The Morgan fingerprint density at radius 3 is 2.54 bits per heavy atom. The van der Waals surface area contributed by atoms with Crippen LogP contribution in [-0.2, 0) is 20.8 Å². The van der Waals surface area contributed by atoms with E-state index in [0.717, 1.165) is 0 Å². The first-order valence-corrected chi connectivity index (χ1v) is 11.4. The summed E-state index contributed by atoms with van der Waals surface area (Å²) in [6.45, 7) is 0. The van der Waals surface area contributed by atoms with Crippen molar-refractivity contribution in [1.82, 2.24) is 4.98 Å². The van der Waals surface area contributed by atoms with Gasteiger partial charge in [0, 0.05) is 34.8 Å². The van der Waals surface area contributed by atoms with E-state index in [4.69, 9.17) is 11.5 Å². The summed E-state index contributed by atoms with van der Waals surface area (Å²) in [6, 6.07) is 4.78. The van der Waals surface area contributed by atoms with Crippen molar-refractivity contribution < 1.29 is 34.8 Å². The Hall–Kier alpha value is -3.54. The Kier molecular flexibility index (Phi) is 4.96. The minimum Gasteiger partial charge on any atom is -0.508 e. The molecule has 1 aromatic heterocycles. The number of aliphatic hydroxyl groups is 3. The number of fused-ring (bicyclic) bond motifs is 3. The molecule has 1 amide bonds. The highest BCUT2D eigenvalue weighted by molar-refractivity contribution is 9.10. The number of aliphatic hydroxyl groups excluding tert-OH is 2. The number of amides is 1. The van der Waals surface area contributed by atoms with E-state index in [0.29, 0.717) is 21.2 Å². The number of aromatic nitrogens is 1. The summed E-state index contributed by atoms with van der Waals surface area (Å²) in [5.74, 6) is -6.54. The third kappa shape index (κ3) is 3.08. The zero-order valence-electron chi connectivity index (χ0n) is 18.1. The molecule has 8 N–H and O–H groups in total. The molecule has 0 unspecified atom stereocenters. The van der Waals surface area contributed by atoms with Crippen LogP contribution in [0.3, 0.4) is 0 Å². The molecule has 3 aliphatic carbocycles. The summed E-state index contributed by atoms with van der Waals surface area (Å²) in [4.78, 5) is 42.0. The maximum atomic E-state index is 13.6. The van der Waals surface area contributed by atoms with E-state index in [9.17, 15) is 34.8 Å². The van der Waals surface area contributed by atoms with Gasteiger partial charge in [0.2, 0.25) is 5.78 Å². The lowest BCUT2D eigenvalue weighted by atomic mass is 9.56. The summed E-state index contributed by atoms with van der Waals surface area (Å²) >= 11 is 3.37. The van der Waals surface area contributed by atoms with E-state index in [1.807, 2.05) is 0 Å². The molecule has 1 heterocycles. The Bertz CT molecular complexity index is 1430. The fourth-order valence-electron chi connectivity index (χ4n) is 5.57. The molecule has 11 heteroatoms. The Morgan fingerprint density at radius 2 is 1.89 bits per heavy atom. The lowest BCUT2D eigenvalue weighted by Crippen LogP contribution is -2.65. The predicted octanol–water partition coefficient (Wildman–Crippen LogP) is 1.33. The van der Waals surface area contributed by atoms with E-state index < -0.39 is 63.6 Å². The smallest absolute Gasteiger partial charge is 0.255 e. The third-order valence-electron chi connectivity index (χ3n) is 7.10. The summed E-state index contributed by atoms with van der Waals surface area (Å²) in [5.41, 5.74) is 8.07. The highest BCUT2D eigenvalue weighted by atomic mass is 79.9. The number of phenols is 1. The number of benzene rings is 1. The van der Waals surface area contributed by atoms with Crippen LogP contribution < -0.4 is 11.5 Å². The fourth-order valence-corrected chi connectivity index (χ4v) is 5.94. The first-order valence-electron chi connectivity index (χ1n) is 10.6.